The summed E-state index contributed by atoms with van der Waals surface area (Å²) >= 11 is 0. The molecule has 0 bridgehead atoms. The van der Waals surface area contributed by atoms with Crippen LogP contribution in [0.15, 0.2) is 47.6 Å². The Balaban J connectivity index is 2.14. The lowest BCUT2D eigenvalue weighted by Crippen LogP contribution is -2.18. The molecule has 0 saturated carbocycles. The molecular weight excluding hydrogens is 293 g/mol. The van der Waals surface area contributed by atoms with Crippen LogP contribution >= 0.6 is 0 Å². The first-order valence-electron chi connectivity index (χ1n) is 6.05. The first kappa shape index (κ1) is 15.1. The van der Waals surface area contributed by atoms with Crippen LogP contribution in [0.1, 0.15) is 15.9 Å². The number of aromatic hydroxyl groups is 1. The van der Waals surface area contributed by atoms with Crippen LogP contribution in [0.5, 0.6) is 5.75 Å². The SMILES string of the molecule is O=C(N/N=C\c1cccc([N+](=O)[O-])c1O)c1ccccc1F. The van der Waals surface area contributed by atoms with E-state index in [1.54, 1.807) is 0 Å². The van der Waals surface area contributed by atoms with Crippen LogP contribution in [0, 0.1) is 15.9 Å². The quantitative estimate of drug-likeness (QED) is 0.513. The zero-order chi connectivity index (χ0) is 16.1. The van der Waals surface area contributed by atoms with Crippen molar-refractivity contribution in [2.45, 2.75) is 0 Å². The molecule has 0 aliphatic carbocycles. The normalized spacial score (nSPS) is 10.6. The molecule has 0 radical (unpaired) electrons. The first-order chi connectivity index (χ1) is 10.5. The van der Waals surface area contributed by atoms with Gasteiger partial charge in [0.1, 0.15) is 5.82 Å². The smallest absolute Gasteiger partial charge is 0.311 e. The molecule has 2 rings (SSSR count). The van der Waals surface area contributed by atoms with Crippen LogP contribution in [-0.4, -0.2) is 22.2 Å². The van der Waals surface area contributed by atoms with E-state index in [1.807, 2.05) is 0 Å². The number of nitro benzene ring substituents is 1. The third-order valence-corrected chi connectivity index (χ3v) is 2.73. The Morgan fingerprint density at radius 3 is 2.68 bits per heavy atom. The number of hydrogen-bond donors (Lipinski definition) is 2. The van der Waals surface area contributed by atoms with Crippen LogP contribution in [0.2, 0.25) is 0 Å². The van der Waals surface area contributed by atoms with E-state index in [2.05, 4.69) is 10.5 Å². The number of carbonyl (C=O) groups excluding carboxylic acids is 1. The van der Waals surface area contributed by atoms with Crippen molar-refractivity contribution < 1.29 is 19.2 Å². The molecule has 0 saturated heterocycles. The van der Waals surface area contributed by atoms with E-state index >= 15 is 0 Å². The second-order valence-corrected chi connectivity index (χ2v) is 4.15. The number of para-hydroxylation sites is 1. The molecule has 0 aromatic heterocycles. The molecule has 22 heavy (non-hydrogen) atoms. The fraction of sp³-hybridized carbons (Fsp3) is 0. The van der Waals surface area contributed by atoms with Gasteiger partial charge in [-0.05, 0) is 18.2 Å². The Morgan fingerprint density at radius 2 is 2.00 bits per heavy atom. The van der Waals surface area contributed by atoms with Gasteiger partial charge in [-0.1, -0.05) is 18.2 Å². The number of hydrazone groups is 1. The molecule has 0 spiro atoms. The Hall–Kier alpha value is -3.29. The Kier molecular flexibility index (Phi) is 4.42. The average molecular weight is 303 g/mol. The number of carbonyl (C=O) groups is 1. The summed E-state index contributed by atoms with van der Waals surface area (Å²) in [5, 5.41) is 23.9. The van der Waals surface area contributed by atoms with Crippen molar-refractivity contribution >= 4 is 17.8 Å². The number of halogens is 1. The summed E-state index contributed by atoms with van der Waals surface area (Å²) in [7, 11) is 0. The number of nitrogens with zero attached hydrogens (tertiary/aromatic N) is 2. The van der Waals surface area contributed by atoms with E-state index in [-0.39, 0.29) is 11.1 Å². The molecule has 112 valence electrons. The zero-order valence-corrected chi connectivity index (χ0v) is 11.1. The van der Waals surface area contributed by atoms with Gasteiger partial charge in [-0.3, -0.25) is 14.9 Å². The van der Waals surface area contributed by atoms with Gasteiger partial charge < -0.3 is 5.11 Å². The molecule has 2 aromatic rings. The Bertz CT molecular complexity index is 762. The largest absolute Gasteiger partial charge is 0.502 e. The van der Waals surface area contributed by atoms with Gasteiger partial charge in [0, 0.05) is 11.6 Å². The highest BCUT2D eigenvalue weighted by molar-refractivity contribution is 5.95. The van der Waals surface area contributed by atoms with Crippen LogP contribution in [0.25, 0.3) is 0 Å². The summed E-state index contributed by atoms with van der Waals surface area (Å²) in [6.45, 7) is 0. The third kappa shape index (κ3) is 3.23. The van der Waals surface area contributed by atoms with E-state index in [4.69, 9.17) is 0 Å². The maximum atomic E-state index is 13.4. The number of amides is 1. The molecular formula is C14H10FN3O4. The fourth-order valence-corrected chi connectivity index (χ4v) is 1.67. The van der Waals surface area contributed by atoms with Crippen molar-refractivity contribution in [1.82, 2.24) is 5.43 Å². The number of benzene rings is 2. The lowest BCUT2D eigenvalue weighted by molar-refractivity contribution is -0.385. The maximum absolute atomic E-state index is 13.4. The Morgan fingerprint density at radius 1 is 1.27 bits per heavy atom. The predicted molar refractivity (Wildman–Crippen MR) is 76.2 cm³/mol. The summed E-state index contributed by atoms with van der Waals surface area (Å²) in [6, 6.07) is 9.21. The van der Waals surface area contributed by atoms with Crippen molar-refractivity contribution in [3.63, 3.8) is 0 Å². The van der Waals surface area contributed by atoms with Crippen molar-refractivity contribution in [3.05, 3.63) is 69.5 Å². The summed E-state index contributed by atoms with van der Waals surface area (Å²) in [6.07, 6.45) is 1.03. The number of hydrogen-bond acceptors (Lipinski definition) is 5. The highest BCUT2D eigenvalue weighted by Crippen LogP contribution is 2.27. The molecule has 2 N–H and O–H groups in total. The summed E-state index contributed by atoms with van der Waals surface area (Å²) < 4.78 is 13.4. The molecule has 0 aliphatic heterocycles. The minimum Gasteiger partial charge on any atom is -0.502 e. The number of nitrogens with one attached hydrogen (secondary N) is 1. The number of rotatable bonds is 4. The highest BCUT2D eigenvalue weighted by Gasteiger charge is 2.15. The van der Waals surface area contributed by atoms with Crippen LogP contribution in [-0.2, 0) is 0 Å². The van der Waals surface area contributed by atoms with Gasteiger partial charge in [0.25, 0.3) is 5.91 Å². The summed E-state index contributed by atoms with van der Waals surface area (Å²) in [5.74, 6) is -2.05. The lowest BCUT2D eigenvalue weighted by atomic mass is 10.2. The molecule has 7 nitrogen and oxygen atoms in total. The number of phenols is 1. The van der Waals surface area contributed by atoms with Crippen molar-refractivity contribution in [2.75, 3.05) is 0 Å². The molecule has 1 amide bonds. The zero-order valence-electron chi connectivity index (χ0n) is 11.1. The van der Waals surface area contributed by atoms with Gasteiger partial charge in [-0.15, -0.1) is 0 Å². The van der Waals surface area contributed by atoms with Gasteiger partial charge in [0.2, 0.25) is 5.75 Å². The number of nitro groups is 1. The Labute approximate surface area is 123 Å². The third-order valence-electron chi connectivity index (χ3n) is 2.73. The van der Waals surface area contributed by atoms with Crippen molar-refractivity contribution in [2.24, 2.45) is 5.10 Å². The van der Waals surface area contributed by atoms with Gasteiger partial charge in [-0.25, -0.2) is 9.82 Å². The maximum Gasteiger partial charge on any atom is 0.311 e. The molecule has 0 fully saturated rings. The monoisotopic (exact) mass is 303 g/mol. The summed E-state index contributed by atoms with van der Waals surface area (Å²) in [4.78, 5) is 21.6. The molecule has 0 atom stereocenters. The molecule has 2 aromatic carbocycles. The first-order valence-corrected chi connectivity index (χ1v) is 6.05. The van der Waals surface area contributed by atoms with Gasteiger partial charge in [0.05, 0.1) is 16.7 Å². The van der Waals surface area contributed by atoms with E-state index in [9.17, 15) is 24.4 Å². The van der Waals surface area contributed by atoms with Crippen molar-refractivity contribution in [3.8, 4) is 5.75 Å². The van der Waals surface area contributed by atoms with Gasteiger partial charge in [0.15, 0.2) is 0 Å². The van der Waals surface area contributed by atoms with E-state index in [1.165, 1.54) is 30.3 Å². The molecule has 0 heterocycles. The standard InChI is InChI=1S/C14H10FN3O4/c15-11-6-2-1-5-10(11)14(20)17-16-8-9-4-3-7-12(13(9)19)18(21)22/h1-8,19H,(H,17,20)/b16-8-. The van der Waals surface area contributed by atoms with Crippen molar-refractivity contribution in [1.29, 1.82) is 0 Å². The number of phenolic OH excluding ortho intramolecular Hbond substituents is 1. The van der Waals surface area contributed by atoms with Crippen LogP contribution in [0.4, 0.5) is 10.1 Å². The van der Waals surface area contributed by atoms with E-state index < -0.39 is 28.1 Å². The molecule has 0 aliphatic rings. The predicted octanol–water partition coefficient (Wildman–Crippen LogP) is 2.20. The topological polar surface area (TPSA) is 105 Å². The minimum absolute atomic E-state index is 0.0445. The van der Waals surface area contributed by atoms with E-state index in [0.29, 0.717) is 0 Å². The minimum atomic E-state index is -0.778. The lowest BCUT2D eigenvalue weighted by Gasteiger charge is -2.02. The fourth-order valence-electron chi connectivity index (χ4n) is 1.67. The summed E-state index contributed by atoms with van der Waals surface area (Å²) in [5.41, 5.74) is 1.44. The van der Waals surface area contributed by atoms with Crippen LogP contribution in [0.3, 0.4) is 0 Å². The molecule has 0 unspecified atom stereocenters. The van der Waals surface area contributed by atoms with Gasteiger partial charge in [-0.2, -0.15) is 5.10 Å². The highest BCUT2D eigenvalue weighted by atomic mass is 19.1. The second-order valence-electron chi connectivity index (χ2n) is 4.15. The van der Waals surface area contributed by atoms with Crippen LogP contribution < -0.4 is 5.43 Å². The average Bonchev–Trinajstić information content (AvgIpc) is 2.49. The second kappa shape index (κ2) is 6.44. The molecule has 8 heteroatoms. The van der Waals surface area contributed by atoms with Gasteiger partial charge >= 0.3 is 5.69 Å². The van der Waals surface area contributed by atoms with E-state index in [0.717, 1.165) is 18.3 Å².